The largest absolute Gasteiger partial charge is 0.195 e. The molecule has 4 heteroatoms. The SMILES string of the molecule is Cc1c2c([c-](C)c1C)CCCC2.Cl.Cl.Cl.[Ti]. The van der Waals surface area contributed by atoms with Crippen molar-refractivity contribution in [2.24, 2.45) is 0 Å². The summed E-state index contributed by atoms with van der Waals surface area (Å²) in [6, 6.07) is 0. The molecular formula is C12H20Cl3Ti-. The Bertz CT molecular complexity index is 289. The van der Waals surface area contributed by atoms with Gasteiger partial charge in [0, 0.05) is 21.7 Å². The van der Waals surface area contributed by atoms with Gasteiger partial charge in [-0.2, -0.15) is 27.8 Å². The van der Waals surface area contributed by atoms with Gasteiger partial charge >= 0.3 is 0 Å². The van der Waals surface area contributed by atoms with Crippen molar-refractivity contribution in [3.63, 3.8) is 0 Å². The molecule has 0 N–H and O–H groups in total. The van der Waals surface area contributed by atoms with E-state index in [9.17, 15) is 0 Å². The molecule has 2 rings (SSSR count). The fourth-order valence-corrected chi connectivity index (χ4v) is 2.47. The van der Waals surface area contributed by atoms with Crippen molar-refractivity contribution in [2.75, 3.05) is 0 Å². The Morgan fingerprint density at radius 2 is 1.44 bits per heavy atom. The molecule has 0 radical (unpaired) electrons. The van der Waals surface area contributed by atoms with Crippen molar-refractivity contribution in [3.05, 3.63) is 27.8 Å². The second-order valence-electron chi connectivity index (χ2n) is 4.04. The molecule has 0 amide bonds. The van der Waals surface area contributed by atoms with E-state index in [0.717, 1.165) is 0 Å². The minimum absolute atomic E-state index is 0. The van der Waals surface area contributed by atoms with Crippen LogP contribution in [0.3, 0.4) is 0 Å². The first-order valence-electron chi connectivity index (χ1n) is 4.96. The van der Waals surface area contributed by atoms with Crippen molar-refractivity contribution in [1.82, 2.24) is 0 Å². The van der Waals surface area contributed by atoms with Crippen LogP contribution < -0.4 is 0 Å². The van der Waals surface area contributed by atoms with Crippen molar-refractivity contribution >= 4 is 37.2 Å². The van der Waals surface area contributed by atoms with Gasteiger partial charge in [0.15, 0.2) is 0 Å². The van der Waals surface area contributed by atoms with Crippen molar-refractivity contribution < 1.29 is 21.7 Å². The summed E-state index contributed by atoms with van der Waals surface area (Å²) in [5, 5.41) is 0. The summed E-state index contributed by atoms with van der Waals surface area (Å²) in [5.41, 5.74) is 8.04. The van der Waals surface area contributed by atoms with E-state index in [4.69, 9.17) is 0 Å². The van der Waals surface area contributed by atoms with Gasteiger partial charge in [-0.05, 0) is 0 Å². The summed E-state index contributed by atoms with van der Waals surface area (Å²) in [7, 11) is 0. The Kier molecular flexibility index (Phi) is 12.4. The van der Waals surface area contributed by atoms with Crippen LogP contribution in [0.2, 0.25) is 0 Å². The molecule has 16 heavy (non-hydrogen) atoms. The van der Waals surface area contributed by atoms with E-state index in [-0.39, 0.29) is 58.9 Å². The van der Waals surface area contributed by atoms with Crippen LogP contribution in [-0.4, -0.2) is 0 Å². The Hall–Kier alpha value is 0.934. The third-order valence-electron chi connectivity index (χ3n) is 3.50. The average molecular weight is 319 g/mol. The number of fused-ring (bicyclic) bond motifs is 1. The van der Waals surface area contributed by atoms with Gasteiger partial charge in [-0.25, -0.2) is 0 Å². The van der Waals surface area contributed by atoms with Crippen molar-refractivity contribution in [2.45, 2.75) is 46.5 Å². The molecule has 0 saturated carbocycles. The van der Waals surface area contributed by atoms with Crippen LogP contribution in [0.25, 0.3) is 0 Å². The number of halogens is 3. The molecule has 0 saturated heterocycles. The molecule has 0 aliphatic heterocycles. The average Bonchev–Trinajstić information content (AvgIpc) is 2.33. The maximum atomic E-state index is 2.28. The molecule has 0 aromatic heterocycles. The maximum Gasteiger partial charge on any atom is 0 e. The second-order valence-corrected chi connectivity index (χ2v) is 4.04. The van der Waals surface area contributed by atoms with Gasteiger partial charge in [-0.15, -0.1) is 37.2 Å². The van der Waals surface area contributed by atoms with Gasteiger partial charge in [-0.1, -0.05) is 46.5 Å². The zero-order valence-electron chi connectivity index (χ0n) is 10.1. The molecule has 1 aliphatic rings. The summed E-state index contributed by atoms with van der Waals surface area (Å²) in [6.45, 7) is 6.84. The summed E-state index contributed by atoms with van der Waals surface area (Å²) in [4.78, 5) is 0. The fourth-order valence-electron chi connectivity index (χ4n) is 2.47. The van der Waals surface area contributed by atoms with Gasteiger partial charge in [-0.3, -0.25) is 0 Å². The Labute approximate surface area is 132 Å². The third kappa shape index (κ3) is 3.72. The number of hydrogen-bond donors (Lipinski definition) is 0. The van der Waals surface area contributed by atoms with E-state index in [1.54, 1.807) is 27.8 Å². The number of hydrogen-bond acceptors (Lipinski definition) is 0. The first-order valence-corrected chi connectivity index (χ1v) is 4.96. The Balaban J connectivity index is -0.000000422. The van der Waals surface area contributed by atoms with Gasteiger partial charge < -0.3 is 0 Å². The minimum atomic E-state index is 0. The molecule has 0 spiro atoms. The van der Waals surface area contributed by atoms with Crippen LogP contribution in [-0.2, 0) is 34.6 Å². The van der Waals surface area contributed by atoms with Gasteiger partial charge in [0.1, 0.15) is 0 Å². The molecule has 1 aromatic carbocycles. The van der Waals surface area contributed by atoms with Gasteiger partial charge in [0.2, 0.25) is 0 Å². The molecule has 0 fully saturated rings. The normalized spacial score (nSPS) is 12.2. The summed E-state index contributed by atoms with van der Waals surface area (Å²) < 4.78 is 0. The maximum absolute atomic E-state index is 2.28. The molecule has 94 valence electrons. The summed E-state index contributed by atoms with van der Waals surface area (Å²) in [5.74, 6) is 0. The molecule has 1 aromatic rings. The van der Waals surface area contributed by atoms with Crippen LogP contribution in [0.1, 0.15) is 40.7 Å². The standard InChI is InChI=1S/C12H17.3ClH.Ti/c1-8-9(2)11-6-4-5-7-12(11)10(8)3;;;;/h4-7H2,1-3H3;3*1H;/q-1;;;;. The second kappa shape index (κ2) is 8.94. The molecular weight excluding hydrogens is 298 g/mol. The molecule has 0 heterocycles. The van der Waals surface area contributed by atoms with E-state index in [1.165, 1.54) is 25.7 Å². The summed E-state index contributed by atoms with van der Waals surface area (Å²) >= 11 is 0. The zero-order valence-corrected chi connectivity index (χ0v) is 14.1. The Morgan fingerprint density at radius 1 is 0.938 bits per heavy atom. The minimum Gasteiger partial charge on any atom is -0.195 e. The van der Waals surface area contributed by atoms with Crippen molar-refractivity contribution in [3.8, 4) is 0 Å². The van der Waals surface area contributed by atoms with Gasteiger partial charge in [0.25, 0.3) is 0 Å². The fraction of sp³-hybridized carbons (Fsp3) is 0.583. The van der Waals surface area contributed by atoms with E-state index >= 15 is 0 Å². The van der Waals surface area contributed by atoms with E-state index in [2.05, 4.69) is 20.8 Å². The first-order chi connectivity index (χ1) is 5.72. The molecule has 0 nitrogen and oxygen atoms in total. The molecule has 0 bridgehead atoms. The Morgan fingerprint density at radius 3 is 1.94 bits per heavy atom. The summed E-state index contributed by atoms with van der Waals surface area (Å²) in [6.07, 6.45) is 5.46. The monoisotopic (exact) mass is 317 g/mol. The van der Waals surface area contributed by atoms with E-state index in [0.29, 0.717) is 0 Å². The quantitative estimate of drug-likeness (QED) is 0.489. The zero-order chi connectivity index (χ0) is 8.72. The topological polar surface area (TPSA) is 0 Å². The van der Waals surface area contributed by atoms with Crippen LogP contribution in [0.4, 0.5) is 0 Å². The van der Waals surface area contributed by atoms with Crippen LogP contribution in [0.15, 0.2) is 0 Å². The smallest absolute Gasteiger partial charge is 0 e. The van der Waals surface area contributed by atoms with Crippen molar-refractivity contribution in [1.29, 1.82) is 0 Å². The number of rotatable bonds is 0. The molecule has 0 unspecified atom stereocenters. The van der Waals surface area contributed by atoms with Crippen LogP contribution in [0, 0.1) is 20.8 Å². The van der Waals surface area contributed by atoms with Gasteiger partial charge in [0.05, 0.1) is 0 Å². The van der Waals surface area contributed by atoms with E-state index in [1.807, 2.05) is 0 Å². The molecule has 0 atom stereocenters. The predicted octanol–water partition coefficient (Wildman–Crippen LogP) is 4.47. The first kappa shape index (κ1) is 22.1. The predicted molar refractivity (Wildman–Crippen MR) is 74.6 cm³/mol. The van der Waals surface area contributed by atoms with Crippen LogP contribution in [0.5, 0.6) is 0 Å². The van der Waals surface area contributed by atoms with E-state index < -0.39 is 0 Å². The third-order valence-corrected chi connectivity index (χ3v) is 3.50. The van der Waals surface area contributed by atoms with Crippen LogP contribution >= 0.6 is 37.2 Å². The molecule has 1 aliphatic carbocycles.